The number of amides is 2. The number of benzene rings is 1. The Kier molecular flexibility index (Phi) is 6.24. The summed E-state index contributed by atoms with van der Waals surface area (Å²) in [5.41, 5.74) is 0.614. The van der Waals surface area contributed by atoms with E-state index >= 15 is 0 Å². The SMILES string of the molecule is O=C(Nc1cc(Cl)cc(Cl)c1)C1CCC(C(=O)NC2CCCC2)CC1. The number of nitrogens with one attached hydrogen (secondary N) is 2. The van der Waals surface area contributed by atoms with Crippen molar-refractivity contribution in [3.8, 4) is 0 Å². The number of hydrogen-bond acceptors (Lipinski definition) is 2. The Morgan fingerprint density at radius 2 is 1.32 bits per heavy atom. The molecule has 0 saturated heterocycles. The smallest absolute Gasteiger partial charge is 0.227 e. The van der Waals surface area contributed by atoms with Crippen LogP contribution in [0.2, 0.25) is 10.0 Å². The molecule has 2 fully saturated rings. The van der Waals surface area contributed by atoms with Crippen molar-refractivity contribution in [2.24, 2.45) is 11.8 Å². The maximum atomic E-state index is 12.4. The lowest BCUT2D eigenvalue weighted by molar-refractivity contribution is -0.129. The largest absolute Gasteiger partial charge is 0.353 e. The van der Waals surface area contributed by atoms with E-state index in [2.05, 4.69) is 10.6 Å². The quantitative estimate of drug-likeness (QED) is 0.785. The summed E-state index contributed by atoms with van der Waals surface area (Å²) in [6.45, 7) is 0. The lowest BCUT2D eigenvalue weighted by Crippen LogP contribution is -2.39. The fourth-order valence-electron chi connectivity index (χ4n) is 3.88. The molecule has 0 unspecified atom stereocenters. The van der Waals surface area contributed by atoms with Crippen LogP contribution in [0, 0.1) is 11.8 Å². The average molecular weight is 383 g/mol. The maximum absolute atomic E-state index is 12.4. The lowest BCUT2D eigenvalue weighted by Gasteiger charge is -2.28. The molecule has 0 radical (unpaired) electrons. The molecule has 4 nitrogen and oxygen atoms in total. The van der Waals surface area contributed by atoms with Gasteiger partial charge in [-0.05, 0) is 56.7 Å². The molecule has 1 aromatic rings. The van der Waals surface area contributed by atoms with E-state index in [0.717, 1.165) is 38.5 Å². The van der Waals surface area contributed by atoms with Gasteiger partial charge in [-0.3, -0.25) is 9.59 Å². The summed E-state index contributed by atoms with van der Waals surface area (Å²) in [4.78, 5) is 24.8. The zero-order valence-electron chi connectivity index (χ0n) is 14.2. The molecule has 0 aliphatic heterocycles. The second kappa shape index (κ2) is 8.41. The highest BCUT2D eigenvalue weighted by Gasteiger charge is 2.31. The average Bonchev–Trinajstić information content (AvgIpc) is 3.07. The Balaban J connectivity index is 1.47. The van der Waals surface area contributed by atoms with Gasteiger partial charge in [0.2, 0.25) is 11.8 Å². The third-order valence-corrected chi connectivity index (χ3v) is 5.74. The van der Waals surface area contributed by atoms with Gasteiger partial charge in [0.25, 0.3) is 0 Å². The molecule has 0 spiro atoms. The number of hydrogen-bond donors (Lipinski definition) is 2. The molecule has 6 heteroatoms. The van der Waals surface area contributed by atoms with Gasteiger partial charge in [0.05, 0.1) is 0 Å². The molecular weight excluding hydrogens is 359 g/mol. The summed E-state index contributed by atoms with van der Waals surface area (Å²) in [7, 11) is 0. The standard InChI is InChI=1S/C19H24Cl2N2O2/c20-14-9-15(21)11-17(10-14)23-19(25)13-7-5-12(6-8-13)18(24)22-16-3-1-2-4-16/h9-13,16H,1-8H2,(H,22,24)(H,23,25). The first-order valence-electron chi connectivity index (χ1n) is 9.08. The highest BCUT2D eigenvalue weighted by Crippen LogP contribution is 2.31. The van der Waals surface area contributed by atoms with Gasteiger partial charge in [0.1, 0.15) is 0 Å². The van der Waals surface area contributed by atoms with Crippen LogP contribution in [0.15, 0.2) is 18.2 Å². The van der Waals surface area contributed by atoms with E-state index in [4.69, 9.17) is 23.2 Å². The van der Waals surface area contributed by atoms with Crippen LogP contribution in [0.4, 0.5) is 5.69 Å². The van der Waals surface area contributed by atoms with E-state index in [0.29, 0.717) is 21.8 Å². The maximum Gasteiger partial charge on any atom is 0.227 e. The molecule has 2 aliphatic carbocycles. The molecule has 2 N–H and O–H groups in total. The number of anilines is 1. The van der Waals surface area contributed by atoms with Crippen molar-refractivity contribution in [2.75, 3.05) is 5.32 Å². The Hall–Kier alpha value is -1.26. The van der Waals surface area contributed by atoms with Crippen LogP contribution in [0.5, 0.6) is 0 Å². The zero-order chi connectivity index (χ0) is 17.8. The van der Waals surface area contributed by atoms with Crippen LogP contribution >= 0.6 is 23.2 Å². The van der Waals surface area contributed by atoms with E-state index < -0.39 is 0 Å². The predicted molar refractivity (Wildman–Crippen MR) is 101 cm³/mol. The van der Waals surface area contributed by atoms with Crippen LogP contribution in [-0.2, 0) is 9.59 Å². The van der Waals surface area contributed by atoms with E-state index in [1.54, 1.807) is 18.2 Å². The van der Waals surface area contributed by atoms with Gasteiger partial charge < -0.3 is 10.6 Å². The summed E-state index contributed by atoms with van der Waals surface area (Å²) in [5.74, 6) is 0.138. The van der Waals surface area contributed by atoms with Crippen LogP contribution in [-0.4, -0.2) is 17.9 Å². The molecule has 2 amide bonds. The van der Waals surface area contributed by atoms with E-state index in [9.17, 15) is 9.59 Å². The van der Waals surface area contributed by atoms with Gasteiger partial charge in [0.15, 0.2) is 0 Å². The molecular formula is C19H24Cl2N2O2. The third kappa shape index (κ3) is 5.11. The summed E-state index contributed by atoms with van der Waals surface area (Å²) in [6, 6.07) is 5.37. The highest BCUT2D eigenvalue weighted by molar-refractivity contribution is 6.35. The van der Waals surface area contributed by atoms with Crippen molar-refractivity contribution in [3.05, 3.63) is 28.2 Å². The molecule has 2 saturated carbocycles. The summed E-state index contributed by atoms with van der Waals surface area (Å²) < 4.78 is 0. The first kappa shape index (κ1) is 18.5. The summed E-state index contributed by atoms with van der Waals surface area (Å²) in [5, 5.41) is 7.05. The molecule has 0 aromatic heterocycles. The van der Waals surface area contributed by atoms with Crippen LogP contribution in [0.1, 0.15) is 51.4 Å². The molecule has 136 valence electrons. The van der Waals surface area contributed by atoms with E-state index in [-0.39, 0.29) is 23.7 Å². The minimum absolute atomic E-state index is 0.0204. The molecule has 1 aromatic carbocycles. The van der Waals surface area contributed by atoms with Crippen LogP contribution < -0.4 is 10.6 Å². The minimum atomic E-state index is -0.0618. The van der Waals surface area contributed by atoms with E-state index in [1.165, 1.54) is 12.8 Å². The molecule has 0 atom stereocenters. The van der Waals surface area contributed by atoms with Crippen molar-refractivity contribution in [2.45, 2.75) is 57.4 Å². The number of carbonyl (C=O) groups is 2. The zero-order valence-corrected chi connectivity index (χ0v) is 15.7. The predicted octanol–water partition coefficient (Wildman–Crippen LogP) is 4.80. The van der Waals surface area contributed by atoms with Crippen molar-refractivity contribution in [1.82, 2.24) is 5.32 Å². The van der Waals surface area contributed by atoms with Gasteiger partial charge >= 0.3 is 0 Å². The monoisotopic (exact) mass is 382 g/mol. The summed E-state index contributed by atoms with van der Waals surface area (Å²) >= 11 is 11.9. The highest BCUT2D eigenvalue weighted by atomic mass is 35.5. The Labute approximate surface area is 158 Å². The van der Waals surface area contributed by atoms with E-state index in [1.807, 2.05) is 0 Å². The molecule has 0 heterocycles. The molecule has 0 bridgehead atoms. The second-order valence-electron chi connectivity index (χ2n) is 7.19. The minimum Gasteiger partial charge on any atom is -0.353 e. The van der Waals surface area contributed by atoms with Gasteiger partial charge in [-0.2, -0.15) is 0 Å². The van der Waals surface area contributed by atoms with Crippen LogP contribution in [0.25, 0.3) is 0 Å². The molecule has 25 heavy (non-hydrogen) atoms. The normalized spacial score (nSPS) is 24.1. The Morgan fingerprint density at radius 1 is 0.800 bits per heavy atom. The first-order valence-corrected chi connectivity index (χ1v) is 9.84. The number of rotatable bonds is 4. The van der Waals surface area contributed by atoms with Crippen molar-refractivity contribution >= 4 is 40.7 Å². The molecule has 2 aliphatic rings. The number of carbonyl (C=O) groups excluding carboxylic acids is 2. The third-order valence-electron chi connectivity index (χ3n) is 5.30. The topological polar surface area (TPSA) is 58.2 Å². The van der Waals surface area contributed by atoms with Gasteiger partial charge in [0, 0.05) is 33.6 Å². The van der Waals surface area contributed by atoms with Gasteiger partial charge in [-0.25, -0.2) is 0 Å². The van der Waals surface area contributed by atoms with Gasteiger partial charge in [-0.15, -0.1) is 0 Å². The Morgan fingerprint density at radius 3 is 1.88 bits per heavy atom. The second-order valence-corrected chi connectivity index (χ2v) is 8.06. The first-order chi connectivity index (χ1) is 12.0. The van der Waals surface area contributed by atoms with Crippen molar-refractivity contribution in [3.63, 3.8) is 0 Å². The van der Waals surface area contributed by atoms with Crippen molar-refractivity contribution < 1.29 is 9.59 Å². The lowest BCUT2D eigenvalue weighted by atomic mass is 9.81. The summed E-state index contributed by atoms with van der Waals surface area (Å²) in [6.07, 6.45) is 7.65. The van der Waals surface area contributed by atoms with Crippen molar-refractivity contribution in [1.29, 1.82) is 0 Å². The molecule has 3 rings (SSSR count). The fraction of sp³-hybridized carbons (Fsp3) is 0.579. The van der Waals surface area contributed by atoms with Gasteiger partial charge in [-0.1, -0.05) is 36.0 Å². The Bertz CT molecular complexity index is 616. The number of halogens is 2. The fourth-order valence-corrected chi connectivity index (χ4v) is 4.40. The van der Waals surface area contributed by atoms with Crippen LogP contribution in [0.3, 0.4) is 0 Å².